The number of halogens is 2. The van der Waals surface area contributed by atoms with Gasteiger partial charge in [0.15, 0.2) is 11.6 Å². The number of anilines is 1. The summed E-state index contributed by atoms with van der Waals surface area (Å²) in [5.74, 6) is -2.82. The molecule has 1 aromatic carbocycles. The van der Waals surface area contributed by atoms with Crippen LogP contribution in [0.25, 0.3) is 0 Å². The minimum absolute atomic E-state index is 0.126. The number of nitrogens with one attached hydrogen (secondary N) is 1. The normalized spacial score (nSPS) is 9.50. The number of aromatic hydroxyl groups is 1. The average Bonchev–Trinajstić information content (AvgIpc) is 2.06. The van der Waals surface area contributed by atoms with Gasteiger partial charge in [-0.25, -0.2) is 8.78 Å². The van der Waals surface area contributed by atoms with Crippen LogP contribution in [0, 0.1) is 11.6 Å². The highest BCUT2D eigenvalue weighted by molar-refractivity contribution is 5.72. The lowest BCUT2D eigenvalue weighted by Gasteiger charge is -2.03. The molecule has 64 valence electrons. The van der Waals surface area contributed by atoms with E-state index in [1.54, 1.807) is 5.32 Å². The Kier molecular flexibility index (Phi) is 2.23. The van der Waals surface area contributed by atoms with Crippen molar-refractivity contribution in [2.24, 2.45) is 0 Å². The summed E-state index contributed by atoms with van der Waals surface area (Å²) < 4.78 is 25.4. The highest BCUT2D eigenvalue weighted by Gasteiger charge is 2.11. The van der Waals surface area contributed by atoms with Crippen molar-refractivity contribution in [1.29, 1.82) is 0 Å². The standard InChI is InChI=1S/C7H5F2NO2/c8-4-1-2-5(12)6(9)7(4)10-3-11/h1-3,12H,(H,10,11). The summed E-state index contributed by atoms with van der Waals surface area (Å²) >= 11 is 0. The molecule has 3 nitrogen and oxygen atoms in total. The third-order valence-electron chi connectivity index (χ3n) is 1.27. The van der Waals surface area contributed by atoms with E-state index in [0.717, 1.165) is 12.1 Å². The first-order valence-corrected chi connectivity index (χ1v) is 3.04. The van der Waals surface area contributed by atoms with Crippen molar-refractivity contribution >= 4 is 12.1 Å². The largest absolute Gasteiger partial charge is 0.505 e. The molecule has 0 saturated heterocycles. The van der Waals surface area contributed by atoms with Gasteiger partial charge < -0.3 is 10.4 Å². The summed E-state index contributed by atoms with van der Waals surface area (Å²) in [6.07, 6.45) is 0.126. The van der Waals surface area contributed by atoms with E-state index in [0.29, 0.717) is 0 Å². The fourth-order valence-electron chi connectivity index (χ4n) is 0.733. The van der Waals surface area contributed by atoms with Crippen LogP contribution in [-0.2, 0) is 4.79 Å². The van der Waals surface area contributed by atoms with Gasteiger partial charge in [0.1, 0.15) is 11.5 Å². The van der Waals surface area contributed by atoms with Crippen molar-refractivity contribution in [2.75, 3.05) is 5.32 Å². The second kappa shape index (κ2) is 3.17. The molecule has 12 heavy (non-hydrogen) atoms. The number of carbonyl (C=O) groups is 1. The van der Waals surface area contributed by atoms with Crippen molar-refractivity contribution in [3.8, 4) is 5.75 Å². The van der Waals surface area contributed by atoms with E-state index in [1.807, 2.05) is 0 Å². The molecule has 0 saturated carbocycles. The van der Waals surface area contributed by atoms with E-state index in [4.69, 9.17) is 5.11 Å². The summed E-state index contributed by atoms with van der Waals surface area (Å²) in [5.41, 5.74) is -0.648. The second-order valence-electron chi connectivity index (χ2n) is 2.02. The van der Waals surface area contributed by atoms with Crippen molar-refractivity contribution in [3.05, 3.63) is 23.8 Å². The molecule has 0 aliphatic heterocycles. The number of hydrogen-bond acceptors (Lipinski definition) is 2. The zero-order chi connectivity index (χ0) is 9.14. The van der Waals surface area contributed by atoms with Gasteiger partial charge in [0, 0.05) is 0 Å². The molecule has 0 radical (unpaired) electrons. The van der Waals surface area contributed by atoms with Crippen LogP contribution in [0.2, 0.25) is 0 Å². The topological polar surface area (TPSA) is 49.3 Å². The van der Waals surface area contributed by atoms with E-state index >= 15 is 0 Å². The van der Waals surface area contributed by atoms with Crippen LogP contribution in [0.15, 0.2) is 12.1 Å². The van der Waals surface area contributed by atoms with Gasteiger partial charge in [0.05, 0.1) is 0 Å². The lowest BCUT2D eigenvalue weighted by atomic mass is 10.2. The van der Waals surface area contributed by atoms with Crippen LogP contribution >= 0.6 is 0 Å². The Labute approximate surface area is 66.6 Å². The minimum Gasteiger partial charge on any atom is -0.505 e. The molecule has 0 heterocycles. The molecule has 0 fully saturated rings. The molecule has 0 aliphatic rings. The summed E-state index contributed by atoms with van der Waals surface area (Å²) in [7, 11) is 0. The third-order valence-corrected chi connectivity index (χ3v) is 1.27. The second-order valence-corrected chi connectivity index (χ2v) is 2.02. The Balaban J connectivity index is 3.22. The maximum atomic E-state index is 12.7. The van der Waals surface area contributed by atoms with Crippen molar-refractivity contribution in [3.63, 3.8) is 0 Å². The van der Waals surface area contributed by atoms with Gasteiger partial charge in [-0.05, 0) is 12.1 Å². The zero-order valence-electron chi connectivity index (χ0n) is 5.84. The fraction of sp³-hybridized carbons (Fsp3) is 0. The van der Waals surface area contributed by atoms with Crippen LogP contribution in [0.3, 0.4) is 0 Å². The molecule has 0 aliphatic carbocycles. The Morgan fingerprint density at radius 3 is 2.67 bits per heavy atom. The predicted molar refractivity (Wildman–Crippen MR) is 37.7 cm³/mol. The first-order valence-electron chi connectivity index (χ1n) is 3.04. The SMILES string of the molecule is O=CNc1c(F)ccc(O)c1F. The molecule has 0 unspecified atom stereocenters. The van der Waals surface area contributed by atoms with Crippen LogP contribution in [0.1, 0.15) is 0 Å². The van der Waals surface area contributed by atoms with Crippen molar-refractivity contribution in [1.82, 2.24) is 0 Å². The molecule has 1 rings (SSSR count). The number of phenolic OH excluding ortho intramolecular Hbond substituents is 1. The molecule has 0 spiro atoms. The lowest BCUT2D eigenvalue weighted by Crippen LogP contribution is -2.00. The number of benzene rings is 1. The monoisotopic (exact) mass is 173 g/mol. The van der Waals surface area contributed by atoms with Crippen LogP contribution < -0.4 is 5.32 Å². The van der Waals surface area contributed by atoms with Gasteiger partial charge in [0.2, 0.25) is 6.41 Å². The van der Waals surface area contributed by atoms with Crippen molar-refractivity contribution < 1.29 is 18.7 Å². The van der Waals surface area contributed by atoms with E-state index in [1.165, 1.54) is 0 Å². The Bertz CT molecular complexity index is 315. The Morgan fingerprint density at radius 2 is 2.08 bits per heavy atom. The fourth-order valence-corrected chi connectivity index (χ4v) is 0.733. The molecule has 1 aromatic rings. The Morgan fingerprint density at radius 1 is 1.42 bits per heavy atom. The summed E-state index contributed by atoms with van der Waals surface area (Å²) in [6.45, 7) is 0. The molecule has 1 amide bonds. The maximum Gasteiger partial charge on any atom is 0.211 e. The maximum absolute atomic E-state index is 12.7. The average molecular weight is 173 g/mol. The van der Waals surface area contributed by atoms with E-state index in [-0.39, 0.29) is 6.41 Å². The van der Waals surface area contributed by atoms with Gasteiger partial charge >= 0.3 is 0 Å². The molecule has 0 bridgehead atoms. The van der Waals surface area contributed by atoms with E-state index in [2.05, 4.69) is 0 Å². The third kappa shape index (κ3) is 1.34. The van der Waals surface area contributed by atoms with E-state index in [9.17, 15) is 13.6 Å². The van der Waals surface area contributed by atoms with Crippen LogP contribution in [0.4, 0.5) is 14.5 Å². The highest BCUT2D eigenvalue weighted by atomic mass is 19.1. The first-order chi connectivity index (χ1) is 5.66. The number of phenols is 1. The summed E-state index contributed by atoms with van der Waals surface area (Å²) in [6, 6.07) is 1.71. The zero-order valence-corrected chi connectivity index (χ0v) is 5.84. The van der Waals surface area contributed by atoms with Gasteiger partial charge in [-0.1, -0.05) is 0 Å². The molecular formula is C7H5F2NO2. The van der Waals surface area contributed by atoms with Crippen molar-refractivity contribution in [2.45, 2.75) is 0 Å². The number of amides is 1. The van der Waals surface area contributed by atoms with E-state index < -0.39 is 23.1 Å². The van der Waals surface area contributed by atoms with Crippen LogP contribution in [-0.4, -0.2) is 11.5 Å². The predicted octanol–water partition coefficient (Wildman–Crippen LogP) is 1.24. The number of rotatable bonds is 2. The molecule has 0 aromatic heterocycles. The van der Waals surface area contributed by atoms with Gasteiger partial charge in [-0.2, -0.15) is 0 Å². The number of carbonyl (C=O) groups excluding carboxylic acids is 1. The molecule has 0 atom stereocenters. The van der Waals surface area contributed by atoms with Gasteiger partial charge in [0.25, 0.3) is 0 Å². The molecular weight excluding hydrogens is 168 g/mol. The smallest absolute Gasteiger partial charge is 0.211 e. The lowest BCUT2D eigenvalue weighted by molar-refractivity contribution is -0.105. The highest BCUT2D eigenvalue weighted by Crippen LogP contribution is 2.25. The minimum atomic E-state index is -1.18. The summed E-state index contributed by atoms with van der Waals surface area (Å²) in [4.78, 5) is 9.86. The number of hydrogen-bond donors (Lipinski definition) is 2. The first kappa shape index (κ1) is 8.45. The molecule has 5 heteroatoms. The quantitative estimate of drug-likeness (QED) is 0.661. The van der Waals surface area contributed by atoms with Crippen LogP contribution in [0.5, 0.6) is 5.75 Å². The van der Waals surface area contributed by atoms with Gasteiger partial charge in [-0.15, -0.1) is 0 Å². The Hall–Kier alpha value is -1.65. The molecule has 2 N–H and O–H groups in total. The van der Waals surface area contributed by atoms with Gasteiger partial charge in [-0.3, -0.25) is 4.79 Å². The summed E-state index contributed by atoms with van der Waals surface area (Å²) in [5, 5.41) is 10.5.